The van der Waals surface area contributed by atoms with E-state index in [4.69, 9.17) is 9.39 Å². The fraction of sp³-hybridized carbons (Fsp3) is 0.417. The third-order valence-corrected chi connectivity index (χ3v) is 5.23. The van der Waals surface area contributed by atoms with Crippen LogP contribution < -0.4 is 14.9 Å². The Bertz CT molecular complexity index is 672. The van der Waals surface area contributed by atoms with E-state index in [-0.39, 0.29) is 0 Å². The van der Waals surface area contributed by atoms with Gasteiger partial charge >= 0.3 is 7.12 Å². The van der Waals surface area contributed by atoms with E-state index in [2.05, 4.69) is 0 Å². The molecule has 0 aromatic heterocycles. The quantitative estimate of drug-likeness (QED) is 0.669. The Kier molecular flexibility index (Phi) is 3.64. The molecule has 1 aliphatic heterocycles. The van der Waals surface area contributed by atoms with E-state index < -0.39 is 34.9 Å². The number of carbonyl (C=O) groups is 1. The van der Waals surface area contributed by atoms with Crippen LogP contribution in [0.1, 0.15) is 18.4 Å². The van der Waals surface area contributed by atoms with Crippen molar-refractivity contribution in [2.24, 2.45) is 0 Å². The molecule has 1 amide bonds. The summed E-state index contributed by atoms with van der Waals surface area (Å²) in [6, 6.07) is 4.96. The van der Waals surface area contributed by atoms with E-state index in [0.29, 0.717) is 30.7 Å². The average molecular weight is 311 g/mol. The van der Waals surface area contributed by atoms with Crippen LogP contribution in [0.25, 0.3) is 0 Å². The summed E-state index contributed by atoms with van der Waals surface area (Å²) in [5.41, 5.74) is 1.45. The summed E-state index contributed by atoms with van der Waals surface area (Å²) in [6.07, 6.45) is 1.18. The van der Waals surface area contributed by atoms with Crippen LogP contribution in [-0.2, 0) is 26.1 Å². The van der Waals surface area contributed by atoms with Gasteiger partial charge in [-0.1, -0.05) is 6.07 Å². The first-order valence-electron chi connectivity index (χ1n) is 6.55. The van der Waals surface area contributed by atoms with Crippen molar-refractivity contribution in [2.75, 3.05) is 6.61 Å². The summed E-state index contributed by atoms with van der Waals surface area (Å²) in [7, 11) is -4.54. The van der Waals surface area contributed by atoms with Crippen molar-refractivity contribution in [2.45, 2.75) is 24.7 Å². The summed E-state index contributed by atoms with van der Waals surface area (Å²) in [5, 5.41) is 9.12. The van der Waals surface area contributed by atoms with Gasteiger partial charge in [-0.2, -0.15) is 0 Å². The zero-order valence-corrected chi connectivity index (χ0v) is 11.9. The monoisotopic (exact) mass is 311 g/mol. The lowest BCUT2D eigenvalue weighted by atomic mass is 9.79. The van der Waals surface area contributed by atoms with Crippen LogP contribution in [0, 0.1) is 0 Å². The molecule has 1 aromatic rings. The molecular weight excluding hydrogens is 297 g/mol. The molecule has 0 atom stereocenters. The summed E-state index contributed by atoms with van der Waals surface area (Å²) >= 11 is 0. The van der Waals surface area contributed by atoms with E-state index in [0.717, 1.165) is 5.56 Å². The lowest BCUT2D eigenvalue weighted by molar-refractivity contribution is -0.121. The molecule has 2 N–H and O–H groups in total. The SMILES string of the molecule is O=C(COc1ccc2c(c1)B(O)OC2)NS(=O)(=O)C1CC1. The molecule has 112 valence electrons. The second-order valence-corrected chi connectivity index (χ2v) is 7.04. The number of sulfonamides is 1. The second kappa shape index (κ2) is 5.32. The molecule has 0 spiro atoms. The molecule has 2 aliphatic rings. The minimum atomic E-state index is -3.55. The molecule has 1 heterocycles. The first-order chi connectivity index (χ1) is 9.95. The summed E-state index contributed by atoms with van der Waals surface area (Å²) in [4.78, 5) is 11.6. The lowest BCUT2D eigenvalue weighted by Gasteiger charge is -2.09. The number of ether oxygens (including phenoxy) is 1. The van der Waals surface area contributed by atoms with E-state index in [1.165, 1.54) is 0 Å². The maximum absolute atomic E-state index is 11.6. The van der Waals surface area contributed by atoms with Gasteiger partial charge in [-0.3, -0.25) is 4.79 Å². The van der Waals surface area contributed by atoms with E-state index in [9.17, 15) is 18.2 Å². The van der Waals surface area contributed by atoms with Crippen LogP contribution >= 0.6 is 0 Å². The molecule has 1 aliphatic carbocycles. The maximum Gasteiger partial charge on any atom is 0.491 e. The van der Waals surface area contributed by atoms with Gasteiger partial charge < -0.3 is 14.4 Å². The Balaban J connectivity index is 1.58. The molecule has 7 nitrogen and oxygen atoms in total. The Morgan fingerprint density at radius 1 is 1.48 bits per heavy atom. The smallest absolute Gasteiger partial charge is 0.484 e. The molecule has 9 heteroatoms. The van der Waals surface area contributed by atoms with Gasteiger partial charge in [-0.25, -0.2) is 13.1 Å². The Morgan fingerprint density at radius 3 is 2.95 bits per heavy atom. The number of hydrogen-bond acceptors (Lipinski definition) is 6. The number of carbonyl (C=O) groups excluding carboxylic acids is 1. The standard InChI is InChI=1S/C12H14BNO6S/c15-12(14-21(17,18)10-3-4-10)7-19-9-2-1-8-6-20-13(16)11(8)5-9/h1-2,5,10,16H,3-4,6-7H2,(H,14,15). The minimum absolute atomic E-state index is 0.330. The molecule has 1 fully saturated rings. The molecule has 1 aromatic carbocycles. The number of rotatable bonds is 5. The highest BCUT2D eigenvalue weighted by atomic mass is 32.2. The van der Waals surface area contributed by atoms with Gasteiger partial charge in [0.1, 0.15) is 5.75 Å². The molecule has 0 bridgehead atoms. The highest BCUT2D eigenvalue weighted by molar-refractivity contribution is 7.90. The third-order valence-electron chi connectivity index (χ3n) is 3.37. The normalized spacial score (nSPS) is 17.5. The van der Waals surface area contributed by atoms with E-state index in [1.807, 2.05) is 4.72 Å². The second-order valence-electron chi connectivity index (χ2n) is 5.08. The first-order valence-corrected chi connectivity index (χ1v) is 8.10. The van der Waals surface area contributed by atoms with Gasteiger partial charge in [-0.15, -0.1) is 0 Å². The summed E-state index contributed by atoms with van der Waals surface area (Å²) in [6.45, 7) is -0.0708. The van der Waals surface area contributed by atoms with Crippen LogP contribution in [0.3, 0.4) is 0 Å². The van der Waals surface area contributed by atoms with Gasteiger partial charge in [0.2, 0.25) is 10.0 Å². The third kappa shape index (κ3) is 3.20. The number of fused-ring (bicyclic) bond motifs is 1. The van der Waals surface area contributed by atoms with Crippen molar-refractivity contribution >= 4 is 28.5 Å². The molecule has 0 radical (unpaired) electrons. The zero-order valence-electron chi connectivity index (χ0n) is 11.1. The summed E-state index contributed by atoms with van der Waals surface area (Å²) < 4.78 is 35.4. The molecule has 0 saturated heterocycles. The average Bonchev–Trinajstić information content (AvgIpc) is 3.23. The maximum atomic E-state index is 11.6. The van der Waals surface area contributed by atoms with Crippen LogP contribution in [-0.4, -0.2) is 38.3 Å². The van der Waals surface area contributed by atoms with Crippen LogP contribution in [0.2, 0.25) is 0 Å². The fourth-order valence-corrected chi connectivity index (χ4v) is 3.38. The molecule has 0 unspecified atom stereocenters. The van der Waals surface area contributed by atoms with Gasteiger partial charge in [-0.05, 0) is 36.0 Å². The zero-order chi connectivity index (χ0) is 15.0. The molecule has 3 rings (SSSR count). The van der Waals surface area contributed by atoms with Crippen LogP contribution in [0.15, 0.2) is 18.2 Å². The largest absolute Gasteiger partial charge is 0.491 e. The van der Waals surface area contributed by atoms with Crippen LogP contribution in [0.4, 0.5) is 0 Å². The lowest BCUT2D eigenvalue weighted by Crippen LogP contribution is -2.36. The van der Waals surface area contributed by atoms with Crippen molar-refractivity contribution in [1.82, 2.24) is 4.72 Å². The number of benzene rings is 1. The minimum Gasteiger partial charge on any atom is -0.484 e. The van der Waals surface area contributed by atoms with Crippen molar-refractivity contribution in [1.29, 1.82) is 0 Å². The molecule has 21 heavy (non-hydrogen) atoms. The fourth-order valence-electron chi connectivity index (χ4n) is 2.08. The van der Waals surface area contributed by atoms with Crippen molar-refractivity contribution < 1.29 is 27.6 Å². The number of nitrogens with one attached hydrogen (secondary N) is 1. The number of hydrogen-bond donors (Lipinski definition) is 2. The Hall–Kier alpha value is -1.58. The predicted molar refractivity (Wildman–Crippen MR) is 74.4 cm³/mol. The van der Waals surface area contributed by atoms with E-state index in [1.54, 1.807) is 18.2 Å². The number of amides is 1. The van der Waals surface area contributed by atoms with Gasteiger partial charge in [0, 0.05) is 0 Å². The van der Waals surface area contributed by atoms with Crippen LogP contribution in [0.5, 0.6) is 5.75 Å². The van der Waals surface area contributed by atoms with E-state index >= 15 is 0 Å². The molecular formula is C12H14BNO6S. The predicted octanol–water partition coefficient (Wildman–Crippen LogP) is -1.11. The van der Waals surface area contributed by atoms with Crippen molar-refractivity contribution in [3.05, 3.63) is 23.8 Å². The Labute approximate surface area is 122 Å². The van der Waals surface area contributed by atoms with Crippen molar-refractivity contribution in [3.8, 4) is 5.75 Å². The first kappa shape index (κ1) is 14.4. The van der Waals surface area contributed by atoms with Gasteiger partial charge in [0.15, 0.2) is 6.61 Å². The molecule has 1 saturated carbocycles. The topological polar surface area (TPSA) is 102 Å². The van der Waals surface area contributed by atoms with Gasteiger partial charge in [0.25, 0.3) is 5.91 Å². The summed E-state index contributed by atoms with van der Waals surface area (Å²) in [5.74, 6) is -0.337. The highest BCUT2D eigenvalue weighted by Crippen LogP contribution is 2.27. The Morgan fingerprint density at radius 2 is 2.24 bits per heavy atom. The highest BCUT2D eigenvalue weighted by Gasteiger charge is 2.36. The van der Waals surface area contributed by atoms with Gasteiger partial charge in [0.05, 0.1) is 11.9 Å². The van der Waals surface area contributed by atoms with Crippen molar-refractivity contribution in [3.63, 3.8) is 0 Å².